The average Bonchev–Trinajstić information content (AvgIpc) is 3.41. The summed E-state index contributed by atoms with van der Waals surface area (Å²) in [4.78, 5) is 24.1. The number of nitrogens with one attached hydrogen (secondary N) is 1. The van der Waals surface area contributed by atoms with Crippen LogP contribution in [0.3, 0.4) is 0 Å². The van der Waals surface area contributed by atoms with Crippen LogP contribution in [0.25, 0.3) is 22.4 Å². The summed E-state index contributed by atoms with van der Waals surface area (Å²) in [6, 6.07) is 11.4. The maximum absolute atomic E-state index is 12.9. The van der Waals surface area contributed by atoms with Crippen molar-refractivity contribution in [2.75, 3.05) is 31.1 Å². The minimum atomic E-state index is 0.0405. The topological polar surface area (TPSA) is 95.8 Å². The fraction of sp³-hybridized carbons (Fsp3) is 0.250. The van der Waals surface area contributed by atoms with Gasteiger partial charge in [-0.2, -0.15) is 5.10 Å². The summed E-state index contributed by atoms with van der Waals surface area (Å²) in [6.45, 7) is 2.73. The lowest BCUT2D eigenvalue weighted by atomic mass is 10.1. The normalized spacial score (nSPS) is 14.5. The Kier molecular flexibility index (Phi) is 4.19. The number of piperazine rings is 1. The molecule has 9 heteroatoms. The Morgan fingerprint density at radius 3 is 2.62 bits per heavy atom. The lowest BCUT2D eigenvalue weighted by Gasteiger charge is -2.35. The van der Waals surface area contributed by atoms with Crippen molar-refractivity contribution in [3.63, 3.8) is 0 Å². The number of nitrogens with zero attached hydrogens (tertiary/aromatic N) is 7. The average molecular weight is 388 g/mol. The largest absolute Gasteiger partial charge is 0.352 e. The molecule has 1 aromatic carbocycles. The van der Waals surface area contributed by atoms with Crippen molar-refractivity contribution >= 4 is 22.8 Å². The highest BCUT2D eigenvalue weighted by atomic mass is 16.2. The van der Waals surface area contributed by atoms with Crippen molar-refractivity contribution in [1.29, 1.82) is 0 Å². The lowest BCUT2D eigenvalue weighted by molar-refractivity contribution is 0.0746. The third-order valence-corrected chi connectivity index (χ3v) is 5.29. The maximum Gasteiger partial charge on any atom is 0.254 e. The number of amides is 1. The molecule has 0 aliphatic carbocycles. The van der Waals surface area contributed by atoms with E-state index in [9.17, 15) is 4.79 Å². The zero-order valence-electron chi connectivity index (χ0n) is 16.0. The van der Waals surface area contributed by atoms with Gasteiger partial charge in [-0.1, -0.05) is 0 Å². The van der Waals surface area contributed by atoms with Crippen LogP contribution in [0.2, 0.25) is 0 Å². The maximum atomic E-state index is 12.9. The Bertz CT molecular complexity index is 1150. The number of rotatable bonds is 3. The molecule has 0 saturated carbocycles. The SMILES string of the molecule is Cn1nccc1-c1ccc(N2CCN(C(=O)c3ccc4nc[nH]c4c3)CC2)nn1. The van der Waals surface area contributed by atoms with Crippen LogP contribution in [0.15, 0.2) is 48.9 Å². The van der Waals surface area contributed by atoms with E-state index in [1.54, 1.807) is 17.2 Å². The molecule has 0 bridgehead atoms. The van der Waals surface area contributed by atoms with Crippen LogP contribution in [0.1, 0.15) is 10.4 Å². The number of benzene rings is 1. The number of anilines is 1. The summed E-state index contributed by atoms with van der Waals surface area (Å²) in [5.74, 6) is 0.862. The van der Waals surface area contributed by atoms with Crippen molar-refractivity contribution in [1.82, 2.24) is 34.8 Å². The van der Waals surface area contributed by atoms with E-state index < -0.39 is 0 Å². The number of imidazole rings is 1. The van der Waals surface area contributed by atoms with E-state index in [2.05, 4.69) is 30.2 Å². The van der Waals surface area contributed by atoms with E-state index in [0.29, 0.717) is 18.7 Å². The Hall–Kier alpha value is -3.75. The molecule has 0 atom stereocenters. The van der Waals surface area contributed by atoms with Crippen molar-refractivity contribution in [3.05, 3.63) is 54.5 Å². The van der Waals surface area contributed by atoms with Crippen LogP contribution in [-0.4, -0.2) is 66.9 Å². The number of carbonyl (C=O) groups is 1. The molecule has 0 spiro atoms. The summed E-state index contributed by atoms with van der Waals surface area (Å²) in [6.07, 6.45) is 3.38. The summed E-state index contributed by atoms with van der Waals surface area (Å²) >= 11 is 0. The number of carbonyl (C=O) groups excluding carboxylic acids is 1. The van der Waals surface area contributed by atoms with Gasteiger partial charge in [0.25, 0.3) is 5.91 Å². The van der Waals surface area contributed by atoms with Gasteiger partial charge in [0.15, 0.2) is 5.82 Å². The fourth-order valence-corrected chi connectivity index (χ4v) is 3.65. The monoisotopic (exact) mass is 388 g/mol. The number of aromatic nitrogens is 6. The summed E-state index contributed by atoms with van der Waals surface area (Å²) in [5, 5.41) is 12.9. The third-order valence-electron chi connectivity index (χ3n) is 5.29. The molecule has 146 valence electrons. The highest BCUT2D eigenvalue weighted by Gasteiger charge is 2.23. The molecule has 4 aromatic rings. The van der Waals surface area contributed by atoms with Gasteiger partial charge in [-0.3, -0.25) is 9.48 Å². The molecule has 1 aliphatic heterocycles. The Labute approximate surface area is 167 Å². The predicted octanol–water partition coefficient (Wildman–Crippen LogP) is 1.72. The number of fused-ring (bicyclic) bond motifs is 1. The molecule has 1 saturated heterocycles. The molecule has 29 heavy (non-hydrogen) atoms. The molecule has 5 rings (SSSR count). The minimum Gasteiger partial charge on any atom is -0.352 e. The molecule has 1 N–H and O–H groups in total. The van der Waals surface area contributed by atoms with Gasteiger partial charge in [0.2, 0.25) is 0 Å². The number of aromatic amines is 1. The standard InChI is InChI=1S/C20H20N8O/c1-26-18(6-7-23-26)16-4-5-19(25-24-16)27-8-10-28(11-9-27)20(29)14-2-3-15-17(12-14)22-13-21-15/h2-7,12-13H,8-11H2,1H3,(H,21,22). The quantitative estimate of drug-likeness (QED) is 0.574. The Morgan fingerprint density at radius 2 is 1.90 bits per heavy atom. The second-order valence-corrected chi connectivity index (χ2v) is 7.03. The van der Waals surface area contributed by atoms with Crippen LogP contribution >= 0.6 is 0 Å². The van der Waals surface area contributed by atoms with Gasteiger partial charge < -0.3 is 14.8 Å². The van der Waals surface area contributed by atoms with Crippen molar-refractivity contribution < 1.29 is 4.79 Å². The molecule has 1 fully saturated rings. The molecule has 0 unspecified atom stereocenters. The molecule has 1 amide bonds. The lowest BCUT2D eigenvalue weighted by Crippen LogP contribution is -2.49. The van der Waals surface area contributed by atoms with Gasteiger partial charge in [-0.05, 0) is 36.4 Å². The van der Waals surface area contributed by atoms with Crippen molar-refractivity contribution in [2.45, 2.75) is 0 Å². The first-order valence-electron chi connectivity index (χ1n) is 9.48. The van der Waals surface area contributed by atoms with Crippen LogP contribution in [0.4, 0.5) is 5.82 Å². The molecule has 9 nitrogen and oxygen atoms in total. The minimum absolute atomic E-state index is 0.0405. The molecular formula is C20H20N8O. The zero-order chi connectivity index (χ0) is 19.8. The first-order chi connectivity index (χ1) is 14.2. The molecule has 0 radical (unpaired) electrons. The van der Waals surface area contributed by atoms with Gasteiger partial charge in [-0.25, -0.2) is 4.98 Å². The first-order valence-corrected chi connectivity index (χ1v) is 9.48. The summed E-state index contributed by atoms with van der Waals surface area (Å²) in [5.41, 5.74) is 4.12. The second kappa shape index (κ2) is 7.01. The fourth-order valence-electron chi connectivity index (χ4n) is 3.65. The molecular weight excluding hydrogens is 368 g/mol. The van der Waals surface area contributed by atoms with Crippen LogP contribution in [-0.2, 0) is 7.05 Å². The Morgan fingerprint density at radius 1 is 1.03 bits per heavy atom. The Balaban J connectivity index is 1.25. The molecule has 1 aliphatic rings. The van der Waals surface area contributed by atoms with Crippen LogP contribution in [0, 0.1) is 0 Å². The first kappa shape index (κ1) is 17.4. The van der Waals surface area contributed by atoms with E-state index in [-0.39, 0.29) is 5.91 Å². The number of H-pyrrole nitrogens is 1. The zero-order valence-corrected chi connectivity index (χ0v) is 16.0. The van der Waals surface area contributed by atoms with E-state index in [1.807, 2.05) is 48.3 Å². The van der Waals surface area contributed by atoms with E-state index in [4.69, 9.17) is 0 Å². The van der Waals surface area contributed by atoms with E-state index in [1.165, 1.54) is 0 Å². The third kappa shape index (κ3) is 3.20. The smallest absolute Gasteiger partial charge is 0.254 e. The summed E-state index contributed by atoms with van der Waals surface area (Å²) in [7, 11) is 1.88. The van der Waals surface area contributed by atoms with Crippen molar-refractivity contribution in [2.24, 2.45) is 7.05 Å². The van der Waals surface area contributed by atoms with E-state index >= 15 is 0 Å². The van der Waals surface area contributed by atoms with Crippen LogP contribution in [0.5, 0.6) is 0 Å². The highest BCUT2D eigenvalue weighted by Crippen LogP contribution is 2.20. The second-order valence-electron chi connectivity index (χ2n) is 7.03. The van der Waals surface area contributed by atoms with Gasteiger partial charge in [-0.15, -0.1) is 10.2 Å². The van der Waals surface area contributed by atoms with Gasteiger partial charge in [0.1, 0.15) is 5.69 Å². The van der Waals surface area contributed by atoms with Gasteiger partial charge >= 0.3 is 0 Å². The van der Waals surface area contributed by atoms with Gasteiger partial charge in [0.05, 0.1) is 23.1 Å². The molecule has 3 aromatic heterocycles. The van der Waals surface area contributed by atoms with Crippen LogP contribution < -0.4 is 4.90 Å². The summed E-state index contributed by atoms with van der Waals surface area (Å²) < 4.78 is 1.77. The highest BCUT2D eigenvalue weighted by molar-refractivity contribution is 5.97. The van der Waals surface area contributed by atoms with E-state index in [0.717, 1.165) is 41.3 Å². The number of hydrogen-bond donors (Lipinski definition) is 1. The number of aryl methyl sites for hydroxylation is 1. The predicted molar refractivity (Wildman–Crippen MR) is 108 cm³/mol. The van der Waals surface area contributed by atoms with Gasteiger partial charge in [0, 0.05) is 45.0 Å². The van der Waals surface area contributed by atoms with Crippen molar-refractivity contribution in [3.8, 4) is 11.4 Å². The number of hydrogen-bond acceptors (Lipinski definition) is 6. The molecule has 4 heterocycles.